The summed E-state index contributed by atoms with van der Waals surface area (Å²) in [6.07, 6.45) is 1.67. The monoisotopic (exact) mass is 359 g/mol. The van der Waals surface area contributed by atoms with E-state index in [4.69, 9.17) is 4.74 Å². The highest BCUT2D eigenvalue weighted by atomic mass is 16.5. The molecule has 7 nitrogen and oxygen atoms in total. The number of aromatic nitrogens is 3. The van der Waals surface area contributed by atoms with Gasteiger partial charge in [-0.15, -0.1) is 0 Å². The lowest BCUT2D eigenvalue weighted by Gasteiger charge is -2.13. The van der Waals surface area contributed by atoms with Gasteiger partial charge in [-0.05, 0) is 30.3 Å². The molecule has 0 saturated heterocycles. The van der Waals surface area contributed by atoms with E-state index in [0.717, 1.165) is 11.0 Å². The van der Waals surface area contributed by atoms with E-state index in [0.29, 0.717) is 23.1 Å². The number of carbonyl (C=O) groups is 1. The molecule has 2 aromatic carbocycles. The number of fused-ring (bicyclic) bond motifs is 1. The van der Waals surface area contributed by atoms with Crippen molar-refractivity contribution in [1.82, 2.24) is 14.5 Å². The van der Waals surface area contributed by atoms with E-state index in [1.165, 1.54) is 0 Å². The van der Waals surface area contributed by atoms with Gasteiger partial charge in [0.2, 0.25) is 5.88 Å². The van der Waals surface area contributed by atoms with Gasteiger partial charge < -0.3 is 15.4 Å². The predicted molar refractivity (Wildman–Crippen MR) is 105 cm³/mol. The average Bonchev–Trinajstić information content (AvgIpc) is 3.13. The van der Waals surface area contributed by atoms with Crippen molar-refractivity contribution in [1.29, 1.82) is 0 Å². The van der Waals surface area contributed by atoms with Crippen LogP contribution in [-0.2, 0) is 0 Å². The predicted octanol–water partition coefficient (Wildman–Crippen LogP) is 4.07. The Labute approximate surface area is 155 Å². The molecule has 7 heteroatoms. The van der Waals surface area contributed by atoms with Crippen molar-refractivity contribution >= 4 is 28.4 Å². The quantitative estimate of drug-likeness (QED) is 0.575. The van der Waals surface area contributed by atoms with Gasteiger partial charge in [0.15, 0.2) is 5.82 Å². The van der Waals surface area contributed by atoms with Crippen molar-refractivity contribution < 1.29 is 9.53 Å². The van der Waals surface area contributed by atoms with E-state index in [1.807, 2.05) is 59.2 Å². The minimum atomic E-state index is -0.362. The average molecular weight is 359 g/mol. The Hall–Kier alpha value is -3.87. The molecule has 0 unspecified atom stereocenters. The first-order valence-corrected chi connectivity index (χ1v) is 8.35. The molecule has 0 saturated carbocycles. The summed E-state index contributed by atoms with van der Waals surface area (Å²) in [6.45, 7) is 0. The Morgan fingerprint density at radius 1 is 0.963 bits per heavy atom. The Morgan fingerprint density at radius 3 is 2.56 bits per heavy atom. The first-order valence-electron chi connectivity index (χ1n) is 8.35. The zero-order valence-corrected chi connectivity index (χ0v) is 14.6. The number of rotatable bonds is 4. The van der Waals surface area contributed by atoms with Crippen LogP contribution < -0.4 is 15.4 Å². The number of anilines is 2. The molecule has 2 amide bonds. The normalized spacial score (nSPS) is 10.6. The van der Waals surface area contributed by atoms with Crippen molar-refractivity contribution in [2.45, 2.75) is 0 Å². The van der Waals surface area contributed by atoms with Crippen molar-refractivity contribution in [2.24, 2.45) is 0 Å². The smallest absolute Gasteiger partial charge is 0.323 e. The van der Waals surface area contributed by atoms with Gasteiger partial charge >= 0.3 is 6.03 Å². The number of imidazole rings is 1. The molecule has 0 radical (unpaired) electrons. The summed E-state index contributed by atoms with van der Waals surface area (Å²) >= 11 is 0. The van der Waals surface area contributed by atoms with Gasteiger partial charge in [0.1, 0.15) is 6.33 Å². The van der Waals surface area contributed by atoms with E-state index < -0.39 is 0 Å². The lowest BCUT2D eigenvalue weighted by atomic mass is 10.3. The summed E-state index contributed by atoms with van der Waals surface area (Å²) in [5.74, 6) is 0.961. The molecule has 0 aliphatic carbocycles. The fourth-order valence-electron chi connectivity index (χ4n) is 2.76. The van der Waals surface area contributed by atoms with Crippen LogP contribution in [0.15, 0.2) is 73.1 Å². The molecule has 0 spiro atoms. The number of para-hydroxylation sites is 3. The van der Waals surface area contributed by atoms with Crippen LogP contribution in [0.5, 0.6) is 5.88 Å². The van der Waals surface area contributed by atoms with E-state index in [-0.39, 0.29) is 6.03 Å². The second kappa shape index (κ2) is 7.17. The molecule has 0 aliphatic heterocycles. The molecule has 2 N–H and O–H groups in total. The Balaban J connectivity index is 1.70. The molecule has 4 rings (SSSR count). The van der Waals surface area contributed by atoms with Crippen molar-refractivity contribution in [3.05, 3.63) is 73.1 Å². The molecule has 2 aromatic heterocycles. The zero-order chi connectivity index (χ0) is 18.6. The van der Waals surface area contributed by atoms with Crippen LogP contribution in [0.3, 0.4) is 0 Å². The fourth-order valence-corrected chi connectivity index (χ4v) is 2.76. The van der Waals surface area contributed by atoms with Gasteiger partial charge in [-0.2, -0.15) is 4.98 Å². The molecule has 134 valence electrons. The molecular weight excluding hydrogens is 342 g/mol. The van der Waals surface area contributed by atoms with Crippen LogP contribution in [-0.4, -0.2) is 27.7 Å². The topological polar surface area (TPSA) is 81.1 Å². The molecule has 0 bridgehead atoms. The maximum Gasteiger partial charge on any atom is 0.323 e. The van der Waals surface area contributed by atoms with Gasteiger partial charge in [-0.3, -0.25) is 4.57 Å². The summed E-state index contributed by atoms with van der Waals surface area (Å²) in [6, 6.07) is 20.0. The lowest BCUT2D eigenvalue weighted by Crippen LogP contribution is -2.20. The van der Waals surface area contributed by atoms with Gasteiger partial charge in [0, 0.05) is 11.8 Å². The highest BCUT2D eigenvalue weighted by Gasteiger charge is 2.14. The SMILES string of the molecule is COc1ccc(NC(=O)Nc2ccccc2)c(-n2cnc3ccccc32)n1. The number of pyridine rings is 1. The van der Waals surface area contributed by atoms with Gasteiger partial charge in [-0.1, -0.05) is 30.3 Å². The van der Waals surface area contributed by atoms with Gasteiger partial charge in [0.25, 0.3) is 0 Å². The minimum Gasteiger partial charge on any atom is -0.481 e. The first kappa shape index (κ1) is 16.6. The third-order valence-electron chi connectivity index (χ3n) is 4.02. The van der Waals surface area contributed by atoms with Gasteiger partial charge in [0.05, 0.1) is 23.8 Å². The van der Waals surface area contributed by atoms with E-state index in [1.54, 1.807) is 25.6 Å². The van der Waals surface area contributed by atoms with Crippen molar-refractivity contribution in [2.75, 3.05) is 17.7 Å². The summed E-state index contributed by atoms with van der Waals surface area (Å²) < 4.78 is 7.06. The lowest BCUT2D eigenvalue weighted by molar-refractivity contribution is 0.262. The maximum atomic E-state index is 12.4. The molecule has 27 heavy (non-hydrogen) atoms. The van der Waals surface area contributed by atoms with Crippen LogP contribution in [0, 0.1) is 0 Å². The first-order chi connectivity index (χ1) is 13.2. The molecular formula is C20H17N5O2. The van der Waals surface area contributed by atoms with E-state index >= 15 is 0 Å². The number of hydrogen-bond donors (Lipinski definition) is 2. The van der Waals surface area contributed by atoms with Crippen LogP contribution in [0.4, 0.5) is 16.2 Å². The van der Waals surface area contributed by atoms with Crippen molar-refractivity contribution in [3.8, 4) is 11.7 Å². The highest BCUT2D eigenvalue weighted by molar-refractivity contribution is 6.01. The molecule has 0 aliphatic rings. The number of urea groups is 1. The zero-order valence-electron chi connectivity index (χ0n) is 14.6. The highest BCUT2D eigenvalue weighted by Crippen LogP contribution is 2.25. The van der Waals surface area contributed by atoms with Gasteiger partial charge in [-0.25, -0.2) is 9.78 Å². The maximum absolute atomic E-state index is 12.4. The Kier molecular flexibility index (Phi) is 4.40. The van der Waals surface area contributed by atoms with Crippen LogP contribution in [0.25, 0.3) is 16.9 Å². The largest absolute Gasteiger partial charge is 0.481 e. The molecule has 0 atom stereocenters. The fraction of sp³-hybridized carbons (Fsp3) is 0.0500. The number of nitrogens with zero attached hydrogens (tertiary/aromatic N) is 3. The summed E-state index contributed by atoms with van der Waals surface area (Å²) in [5.41, 5.74) is 2.95. The number of ether oxygens (including phenoxy) is 1. The second-order valence-corrected chi connectivity index (χ2v) is 5.77. The molecule has 4 aromatic rings. The van der Waals surface area contributed by atoms with Crippen LogP contribution in [0.2, 0.25) is 0 Å². The summed E-state index contributed by atoms with van der Waals surface area (Å²) in [4.78, 5) is 21.3. The second-order valence-electron chi connectivity index (χ2n) is 5.77. The van der Waals surface area contributed by atoms with Crippen LogP contribution in [0.1, 0.15) is 0 Å². The number of carbonyl (C=O) groups excluding carboxylic acids is 1. The van der Waals surface area contributed by atoms with Crippen molar-refractivity contribution in [3.63, 3.8) is 0 Å². The Morgan fingerprint density at radius 2 is 1.74 bits per heavy atom. The van der Waals surface area contributed by atoms with E-state index in [9.17, 15) is 4.79 Å². The van der Waals surface area contributed by atoms with Crippen LogP contribution >= 0.6 is 0 Å². The molecule has 0 fully saturated rings. The summed E-state index contributed by atoms with van der Waals surface area (Å²) in [5, 5.41) is 5.64. The number of nitrogens with one attached hydrogen (secondary N) is 2. The number of methoxy groups -OCH3 is 1. The standard InChI is InChI=1S/C20H17N5O2/c1-27-18-12-11-16(23-20(26)22-14-7-3-2-4-8-14)19(24-18)25-13-21-15-9-5-6-10-17(15)25/h2-13H,1H3,(H2,22,23,26). The molecule has 2 heterocycles. The summed E-state index contributed by atoms with van der Waals surface area (Å²) in [7, 11) is 1.55. The number of hydrogen-bond acceptors (Lipinski definition) is 4. The number of amides is 2. The Bertz CT molecular complexity index is 1090. The minimum absolute atomic E-state index is 0.362. The number of benzene rings is 2. The third kappa shape index (κ3) is 3.43. The van der Waals surface area contributed by atoms with E-state index in [2.05, 4.69) is 20.6 Å². The third-order valence-corrected chi connectivity index (χ3v) is 4.02.